The second-order valence-corrected chi connectivity index (χ2v) is 9.41. The molecule has 0 saturated heterocycles. The van der Waals surface area contributed by atoms with E-state index in [1.165, 1.54) is 30.7 Å². The Kier molecular flexibility index (Phi) is 6.51. The summed E-state index contributed by atoms with van der Waals surface area (Å²) < 4.78 is 48.3. The molecule has 9 nitrogen and oxygen atoms in total. The molecule has 1 heterocycles. The second-order valence-electron chi connectivity index (χ2n) is 7.50. The summed E-state index contributed by atoms with van der Waals surface area (Å²) in [6.45, 7) is 0.134. The third kappa shape index (κ3) is 4.86. The first-order valence-corrected chi connectivity index (χ1v) is 12.1. The molecule has 0 saturated carbocycles. The predicted molar refractivity (Wildman–Crippen MR) is 128 cm³/mol. The van der Waals surface area contributed by atoms with E-state index in [1.807, 2.05) is 30.3 Å². The zero-order valence-electron chi connectivity index (χ0n) is 18.9. The van der Waals surface area contributed by atoms with Crippen molar-refractivity contribution in [2.75, 3.05) is 36.9 Å². The van der Waals surface area contributed by atoms with E-state index in [1.54, 1.807) is 18.2 Å². The largest absolute Gasteiger partial charge is 0.493 e. The molecule has 1 aliphatic rings. The lowest BCUT2D eigenvalue weighted by molar-refractivity contribution is 0.102. The number of rotatable bonds is 8. The summed E-state index contributed by atoms with van der Waals surface area (Å²) in [6.07, 6.45) is 1.09. The molecule has 0 fully saturated rings. The molecular formula is C24H24N2O7S. The molecule has 0 radical (unpaired) electrons. The number of carbonyl (C=O) groups excluding carboxylic acids is 1. The van der Waals surface area contributed by atoms with Gasteiger partial charge in [-0.1, -0.05) is 30.3 Å². The number of hydrogen-bond donors (Lipinski definition) is 1. The van der Waals surface area contributed by atoms with Crippen LogP contribution in [0.15, 0.2) is 60.7 Å². The molecule has 3 aromatic rings. The van der Waals surface area contributed by atoms with E-state index in [0.717, 1.165) is 11.8 Å². The molecular weight excluding hydrogens is 460 g/mol. The molecule has 4 rings (SSSR count). The first kappa shape index (κ1) is 23.2. The van der Waals surface area contributed by atoms with Crippen molar-refractivity contribution in [3.05, 3.63) is 71.8 Å². The van der Waals surface area contributed by atoms with E-state index >= 15 is 0 Å². The van der Waals surface area contributed by atoms with Crippen LogP contribution >= 0.6 is 0 Å². The molecule has 0 spiro atoms. The zero-order valence-corrected chi connectivity index (χ0v) is 19.7. The number of fused-ring (bicyclic) bond motifs is 1. The number of carbonyl (C=O) groups is 1. The molecule has 1 amide bonds. The van der Waals surface area contributed by atoms with Gasteiger partial charge in [-0.25, -0.2) is 8.42 Å². The van der Waals surface area contributed by atoms with E-state index in [0.29, 0.717) is 22.9 Å². The van der Waals surface area contributed by atoms with E-state index in [9.17, 15) is 13.2 Å². The summed E-state index contributed by atoms with van der Waals surface area (Å²) >= 11 is 0. The minimum atomic E-state index is -3.78. The quantitative estimate of drug-likeness (QED) is 0.521. The van der Waals surface area contributed by atoms with Crippen LogP contribution in [0.2, 0.25) is 0 Å². The van der Waals surface area contributed by atoms with Crippen molar-refractivity contribution in [3.8, 4) is 23.0 Å². The molecule has 178 valence electrons. The second kappa shape index (κ2) is 9.52. The van der Waals surface area contributed by atoms with Gasteiger partial charge < -0.3 is 24.3 Å². The molecule has 10 heteroatoms. The lowest BCUT2D eigenvalue weighted by atomic mass is 10.1. The Morgan fingerprint density at radius 2 is 1.65 bits per heavy atom. The number of amides is 1. The van der Waals surface area contributed by atoms with Gasteiger partial charge in [-0.3, -0.25) is 9.10 Å². The standard InChI is InChI=1S/C24H24N2O7S/c1-30-21-12-18(24(27)25-17-9-10-20-23(11-17)33-15-32-20)19(13-22(21)31-2)26(34(3,28)29)14-16-7-5-4-6-8-16/h4-13H,14-15H2,1-3H3,(H,25,27). The number of hydrogen-bond acceptors (Lipinski definition) is 7. The molecule has 0 bridgehead atoms. The highest BCUT2D eigenvalue weighted by atomic mass is 32.2. The fraction of sp³-hybridized carbons (Fsp3) is 0.208. The van der Waals surface area contributed by atoms with Crippen LogP contribution in [0.1, 0.15) is 15.9 Å². The van der Waals surface area contributed by atoms with Crippen molar-refractivity contribution in [1.82, 2.24) is 0 Å². The molecule has 0 atom stereocenters. The van der Waals surface area contributed by atoms with Crippen LogP contribution < -0.4 is 28.6 Å². The van der Waals surface area contributed by atoms with E-state index in [4.69, 9.17) is 18.9 Å². The fourth-order valence-electron chi connectivity index (χ4n) is 3.56. The molecule has 0 aromatic heterocycles. The SMILES string of the molecule is COc1cc(C(=O)Nc2ccc3c(c2)OCO3)c(N(Cc2ccccc2)S(C)(=O)=O)cc1OC. The van der Waals surface area contributed by atoms with Gasteiger partial charge >= 0.3 is 0 Å². The average molecular weight is 485 g/mol. The molecule has 1 aliphatic heterocycles. The third-order valence-corrected chi connectivity index (χ3v) is 6.34. The van der Waals surface area contributed by atoms with Gasteiger partial charge in [-0.05, 0) is 23.8 Å². The first-order valence-electron chi connectivity index (χ1n) is 10.3. The molecule has 1 N–H and O–H groups in total. The smallest absolute Gasteiger partial charge is 0.257 e. The Hall–Kier alpha value is -3.92. The van der Waals surface area contributed by atoms with Crippen LogP contribution in [0.25, 0.3) is 0 Å². The number of anilines is 2. The monoisotopic (exact) mass is 484 g/mol. The summed E-state index contributed by atoms with van der Waals surface area (Å²) in [4.78, 5) is 13.4. The summed E-state index contributed by atoms with van der Waals surface area (Å²) in [5, 5.41) is 2.79. The van der Waals surface area contributed by atoms with E-state index in [-0.39, 0.29) is 30.3 Å². The zero-order chi connectivity index (χ0) is 24.3. The van der Waals surface area contributed by atoms with Gasteiger partial charge in [0.05, 0.1) is 38.3 Å². The first-order chi connectivity index (χ1) is 16.3. The number of benzene rings is 3. The van der Waals surface area contributed by atoms with Crippen LogP contribution in [0.3, 0.4) is 0 Å². The molecule has 0 aliphatic carbocycles. The Morgan fingerprint density at radius 1 is 0.971 bits per heavy atom. The maximum absolute atomic E-state index is 13.4. The van der Waals surface area contributed by atoms with Crippen molar-refractivity contribution in [1.29, 1.82) is 0 Å². The van der Waals surface area contributed by atoms with Gasteiger partial charge in [0, 0.05) is 17.8 Å². The van der Waals surface area contributed by atoms with Gasteiger partial charge in [0.1, 0.15) is 0 Å². The number of nitrogens with one attached hydrogen (secondary N) is 1. The number of nitrogens with zero attached hydrogens (tertiary/aromatic N) is 1. The number of ether oxygens (including phenoxy) is 4. The summed E-state index contributed by atoms with van der Waals surface area (Å²) in [7, 11) is -0.897. The number of methoxy groups -OCH3 is 2. The Labute approximate surface area is 197 Å². The van der Waals surface area contributed by atoms with Gasteiger partial charge in [0.15, 0.2) is 23.0 Å². The maximum atomic E-state index is 13.4. The van der Waals surface area contributed by atoms with E-state index in [2.05, 4.69) is 5.32 Å². The minimum Gasteiger partial charge on any atom is -0.493 e. The summed E-state index contributed by atoms with van der Waals surface area (Å²) in [5.74, 6) is 1.13. The predicted octanol–water partition coefficient (Wildman–Crippen LogP) is 3.65. The fourth-order valence-corrected chi connectivity index (χ4v) is 4.45. The number of sulfonamides is 1. The highest BCUT2D eigenvalue weighted by molar-refractivity contribution is 7.92. The third-order valence-electron chi connectivity index (χ3n) is 5.21. The van der Waals surface area contributed by atoms with E-state index < -0.39 is 15.9 Å². The Balaban J connectivity index is 1.78. The molecule has 0 unspecified atom stereocenters. The normalized spacial score (nSPS) is 12.2. The van der Waals surface area contributed by atoms with Crippen molar-refractivity contribution in [2.24, 2.45) is 0 Å². The van der Waals surface area contributed by atoms with Crippen molar-refractivity contribution >= 4 is 27.3 Å². The maximum Gasteiger partial charge on any atom is 0.257 e. The van der Waals surface area contributed by atoms with Crippen molar-refractivity contribution in [2.45, 2.75) is 6.54 Å². The minimum absolute atomic E-state index is 0.0272. The topological polar surface area (TPSA) is 103 Å². The van der Waals surface area contributed by atoms with Gasteiger partial charge in [0.25, 0.3) is 5.91 Å². The van der Waals surface area contributed by atoms with Crippen LogP contribution in [0.5, 0.6) is 23.0 Å². The molecule has 3 aromatic carbocycles. The Bertz CT molecular complexity index is 1310. The van der Waals surface area contributed by atoms with Crippen molar-refractivity contribution < 1.29 is 32.2 Å². The van der Waals surface area contributed by atoms with Gasteiger partial charge in [-0.15, -0.1) is 0 Å². The van der Waals surface area contributed by atoms with Crippen LogP contribution in [0, 0.1) is 0 Å². The lowest BCUT2D eigenvalue weighted by Gasteiger charge is -2.26. The summed E-state index contributed by atoms with van der Waals surface area (Å²) in [5.41, 5.74) is 1.47. The highest BCUT2D eigenvalue weighted by Gasteiger charge is 2.27. The highest BCUT2D eigenvalue weighted by Crippen LogP contribution is 2.38. The van der Waals surface area contributed by atoms with Crippen LogP contribution in [-0.2, 0) is 16.6 Å². The van der Waals surface area contributed by atoms with Gasteiger partial charge in [0.2, 0.25) is 16.8 Å². The van der Waals surface area contributed by atoms with Crippen LogP contribution in [0.4, 0.5) is 11.4 Å². The average Bonchev–Trinajstić information content (AvgIpc) is 3.29. The van der Waals surface area contributed by atoms with Crippen molar-refractivity contribution in [3.63, 3.8) is 0 Å². The Morgan fingerprint density at radius 3 is 2.32 bits per heavy atom. The molecule has 34 heavy (non-hydrogen) atoms. The van der Waals surface area contributed by atoms with Gasteiger partial charge in [-0.2, -0.15) is 0 Å². The lowest BCUT2D eigenvalue weighted by Crippen LogP contribution is -2.31. The summed E-state index contributed by atoms with van der Waals surface area (Å²) in [6, 6.07) is 17.0. The van der Waals surface area contributed by atoms with Crippen LogP contribution in [-0.4, -0.2) is 41.6 Å².